The summed E-state index contributed by atoms with van der Waals surface area (Å²) in [6.07, 6.45) is 0.342. The van der Waals surface area contributed by atoms with Crippen LogP contribution in [0.1, 0.15) is 17.7 Å². The Labute approximate surface area is 98.0 Å². The van der Waals surface area contributed by atoms with Crippen molar-refractivity contribution in [2.24, 2.45) is 0 Å². The number of aromatic nitrogens is 2. The average Bonchev–Trinajstić information content (AvgIpc) is 2.74. The molecule has 0 saturated carbocycles. The Morgan fingerprint density at radius 2 is 2.24 bits per heavy atom. The standard InChI is InChI=1S/C12H12N2O3/c1-8-3-2-4-9(7-8)12-10(13-17-14-12)5-6-11(15)16/h2-4,7H,5-6H2,1H3,(H,15,16). The van der Waals surface area contributed by atoms with E-state index in [0.717, 1.165) is 11.1 Å². The van der Waals surface area contributed by atoms with Crippen LogP contribution in [0.3, 0.4) is 0 Å². The van der Waals surface area contributed by atoms with Crippen LogP contribution in [0.25, 0.3) is 11.3 Å². The Hall–Kier alpha value is -2.17. The van der Waals surface area contributed by atoms with Crippen LogP contribution in [-0.2, 0) is 11.2 Å². The van der Waals surface area contributed by atoms with Crippen LogP contribution in [0.5, 0.6) is 0 Å². The molecule has 0 unspecified atom stereocenters. The Kier molecular flexibility index (Phi) is 3.18. The third kappa shape index (κ3) is 2.69. The third-order valence-electron chi connectivity index (χ3n) is 2.42. The molecule has 0 bridgehead atoms. The van der Waals surface area contributed by atoms with E-state index in [0.29, 0.717) is 17.8 Å². The van der Waals surface area contributed by atoms with Crippen molar-refractivity contribution >= 4 is 5.97 Å². The van der Waals surface area contributed by atoms with Gasteiger partial charge in [-0.15, -0.1) is 0 Å². The fourth-order valence-corrected chi connectivity index (χ4v) is 1.61. The molecule has 0 aliphatic carbocycles. The van der Waals surface area contributed by atoms with Gasteiger partial charge in [-0.1, -0.05) is 28.9 Å². The van der Waals surface area contributed by atoms with Crippen molar-refractivity contribution in [3.63, 3.8) is 0 Å². The first-order chi connectivity index (χ1) is 8.16. The summed E-state index contributed by atoms with van der Waals surface area (Å²) in [5, 5.41) is 16.2. The lowest BCUT2D eigenvalue weighted by Gasteiger charge is -1.99. The minimum Gasteiger partial charge on any atom is -0.481 e. The normalized spacial score (nSPS) is 10.4. The number of rotatable bonds is 4. The van der Waals surface area contributed by atoms with Gasteiger partial charge in [-0.3, -0.25) is 4.79 Å². The predicted molar refractivity (Wildman–Crippen MR) is 60.4 cm³/mol. The summed E-state index contributed by atoms with van der Waals surface area (Å²) in [6, 6.07) is 7.76. The fraction of sp³-hybridized carbons (Fsp3) is 0.250. The maximum Gasteiger partial charge on any atom is 0.303 e. The lowest BCUT2D eigenvalue weighted by atomic mass is 10.1. The highest BCUT2D eigenvalue weighted by molar-refractivity contribution is 5.68. The second-order valence-electron chi connectivity index (χ2n) is 3.82. The molecule has 17 heavy (non-hydrogen) atoms. The van der Waals surface area contributed by atoms with Gasteiger partial charge in [-0.2, -0.15) is 0 Å². The molecule has 0 aliphatic heterocycles. The Balaban J connectivity index is 2.27. The monoisotopic (exact) mass is 232 g/mol. The number of benzene rings is 1. The van der Waals surface area contributed by atoms with E-state index in [1.165, 1.54) is 0 Å². The molecule has 0 saturated heterocycles. The van der Waals surface area contributed by atoms with E-state index >= 15 is 0 Å². The van der Waals surface area contributed by atoms with Crippen LogP contribution in [0.4, 0.5) is 0 Å². The molecule has 0 radical (unpaired) electrons. The van der Waals surface area contributed by atoms with Gasteiger partial charge in [0.25, 0.3) is 0 Å². The Morgan fingerprint density at radius 3 is 2.94 bits per heavy atom. The maximum atomic E-state index is 10.5. The minimum absolute atomic E-state index is 0.0209. The van der Waals surface area contributed by atoms with Gasteiger partial charge in [-0.25, -0.2) is 4.63 Å². The van der Waals surface area contributed by atoms with E-state index in [1.807, 2.05) is 31.2 Å². The first-order valence-electron chi connectivity index (χ1n) is 5.27. The van der Waals surface area contributed by atoms with Gasteiger partial charge in [0, 0.05) is 12.0 Å². The zero-order valence-corrected chi connectivity index (χ0v) is 9.38. The quantitative estimate of drug-likeness (QED) is 0.873. The van der Waals surface area contributed by atoms with Crippen molar-refractivity contribution in [1.82, 2.24) is 10.3 Å². The van der Waals surface area contributed by atoms with Gasteiger partial charge in [-0.05, 0) is 18.1 Å². The largest absolute Gasteiger partial charge is 0.481 e. The lowest BCUT2D eigenvalue weighted by molar-refractivity contribution is -0.136. The summed E-state index contributed by atoms with van der Waals surface area (Å²) in [6.45, 7) is 1.98. The van der Waals surface area contributed by atoms with E-state index in [4.69, 9.17) is 5.11 Å². The second-order valence-corrected chi connectivity index (χ2v) is 3.82. The molecule has 88 valence electrons. The van der Waals surface area contributed by atoms with Crippen LogP contribution in [-0.4, -0.2) is 21.4 Å². The molecular weight excluding hydrogens is 220 g/mol. The average molecular weight is 232 g/mol. The molecule has 5 nitrogen and oxygen atoms in total. The van der Waals surface area contributed by atoms with Crippen molar-refractivity contribution in [2.75, 3.05) is 0 Å². The number of hydrogen-bond acceptors (Lipinski definition) is 4. The molecule has 0 amide bonds. The summed E-state index contributed by atoms with van der Waals surface area (Å²) in [7, 11) is 0. The van der Waals surface area contributed by atoms with E-state index < -0.39 is 5.97 Å². The van der Waals surface area contributed by atoms with Crippen LogP contribution in [0, 0.1) is 6.92 Å². The van der Waals surface area contributed by atoms with Crippen molar-refractivity contribution in [3.05, 3.63) is 35.5 Å². The highest BCUT2D eigenvalue weighted by atomic mass is 16.6. The lowest BCUT2D eigenvalue weighted by Crippen LogP contribution is -1.99. The molecular formula is C12H12N2O3. The van der Waals surface area contributed by atoms with Crippen LogP contribution >= 0.6 is 0 Å². The van der Waals surface area contributed by atoms with Crippen molar-refractivity contribution in [2.45, 2.75) is 19.8 Å². The van der Waals surface area contributed by atoms with Gasteiger partial charge in [0.05, 0.1) is 6.42 Å². The van der Waals surface area contributed by atoms with E-state index in [1.54, 1.807) is 0 Å². The molecule has 0 spiro atoms. The maximum absolute atomic E-state index is 10.5. The van der Waals surface area contributed by atoms with Gasteiger partial charge in [0.2, 0.25) is 0 Å². The number of nitrogens with zero attached hydrogens (tertiary/aromatic N) is 2. The first-order valence-corrected chi connectivity index (χ1v) is 5.27. The minimum atomic E-state index is -0.858. The van der Waals surface area contributed by atoms with Crippen LogP contribution < -0.4 is 0 Å². The summed E-state index contributed by atoms with van der Waals surface area (Å²) in [4.78, 5) is 10.5. The molecule has 2 aromatic rings. The molecule has 1 heterocycles. The molecule has 0 fully saturated rings. The molecule has 0 aliphatic rings. The zero-order valence-electron chi connectivity index (χ0n) is 9.38. The van der Waals surface area contributed by atoms with E-state index in [9.17, 15) is 4.79 Å². The molecule has 0 atom stereocenters. The first kappa shape index (κ1) is 11.3. The smallest absolute Gasteiger partial charge is 0.303 e. The van der Waals surface area contributed by atoms with Crippen molar-refractivity contribution < 1.29 is 14.5 Å². The Morgan fingerprint density at radius 1 is 1.41 bits per heavy atom. The van der Waals surface area contributed by atoms with Crippen molar-refractivity contribution in [1.29, 1.82) is 0 Å². The summed E-state index contributed by atoms with van der Waals surface area (Å²) in [5.41, 5.74) is 3.20. The highest BCUT2D eigenvalue weighted by Crippen LogP contribution is 2.22. The summed E-state index contributed by atoms with van der Waals surface area (Å²) < 4.78 is 4.68. The fourth-order valence-electron chi connectivity index (χ4n) is 1.61. The number of carbonyl (C=O) groups is 1. The molecule has 1 N–H and O–H groups in total. The van der Waals surface area contributed by atoms with Gasteiger partial charge >= 0.3 is 5.97 Å². The predicted octanol–water partition coefficient (Wildman–Crippen LogP) is 2.06. The van der Waals surface area contributed by atoms with Gasteiger partial charge in [0.15, 0.2) is 0 Å². The number of carboxylic acid groups (broad SMARTS) is 1. The zero-order chi connectivity index (χ0) is 12.3. The molecule has 5 heteroatoms. The number of aliphatic carboxylic acids is 1. The number of hydrogen-bond donors (Lipinski definition) is 1. The number of aryl methyl sites for hydroxylation is 2. The summed E-state index contributed by atoms with van der Waals surface area (Å²) in [5.74, 6) is -0.858. The molecule has 1 aromatic heterocycles. The van der Waals surface area contributed by atoms with E-state index in [2.05, 4.69) is 14.9 Å². The molecule has 2 rings (SSSR count). The topological polar surface area (TPSA) is 76.2 Å². The molecule has 1 aromatic carbocycles. The SMILES string of the molecule is Cc1cccc(-c2nonc2CCC(=O)O)c1. The third-order valence-corrected chi connectivity index (χ3v) is 2.42. The van der Waals surface area contributed by atoms with Crippen molar-refractivity contribution in [3.8, 4) is 11.3 Å². The second kappa shape index (κ2) is 4.78. The van der Waals surface area contributed by atoms with Gasteiger partial charge in [0.1, 0.15) is 11.4 Å². The van der Waals surface area contributed by atoms with Gasteiger partial charge < -0.3 is 5.11 Å². The Bertz CT molecular complexity index is 534. The van der Waals surface area contributed by atoms with Crippen LogP contribution in [0.2, 0.25) is 0 Å². The van der Waals surface area contributed by atoms with Crippen LogP contribution in [0.15, 0.2) is 28.9 Å². The highest BCUT2D eigenvalue weighted by Gasteiger charge is 2.13. The van der Waals surface area contributed by atoms with E-state index in [-0.39, 0.29) is 6.42 Å². The number of carboxylic acids is 1. The summed E-state index contributed by atoms with van der Waals surface area (Å²) >= 11 is 0.